The Kier molecular flexibility index (Phi) is 4.79. The minimum Gasteiger partial charge on any atom is -0.481 e. The third-order valence-corrected chi connectivity index (χ3v) is 5.43. The zero-order valence-electron chi connectivity index (χ0n) is 14.2. The molecule has 2 fully saturated rings. The maximum Gasteiger partial charge on any atom is 0.308 e. The lowest BCUT2D eigenvalue weighted by Crippen LogP contribution is -2.54. The molecule has 136 valence electrons. The van der Waals surface area contributed by atoms with Gasteiger partial charge in [0, 0.05) is 32.1 Å². The predicted molar refractivity (Wildman–Crippen MR) is 88.5 cm³/mol. The predicted octanol–water partition coefficient (Wildman–Crippen LogP) is 0.909. The fourth-order valence-electron chi connectivity index (χ4n) is 3.76. The second kappa shape index (κ2) is 6.72. The van der Waals surface area contributed by atoms with Crippen molar-refractivity contribution in [2.75, 3.05) is 33.2 Å². The lowest BCUT2D eigenvalue weighted by molar-refractivity contribution is -0.155. The van der Waals surface area contributed by atoms with Gasteiger partial charge in [-0.25, -0.2) is 4.39 Å². The molecule has 1 aromatic carbocycles. The summed E-state index contributed by atoms with van der Waals surface area (Å²) in [6.45, 7) is 1.54. The third-order valence-electron chi connectivity index (χ3n) is 5.43. The Morgan fingerprint density at radius 2 is 1.76 bits per heavy atom. The molecular formula is C18H23FN2O4. The normalized spacial score (nSPS) is 26.6. The minimum atomic E-state index is -1.42. The van der Waals surface area contributed by atoms with Crippen LogP contribution < -0.4 is 0 Å². The quantitative estimate of drug-likeness (QED) is 0.847. The van der Waals surface area contributed by atoms with E-state index in [4.69, 9.17) is 0 Å². The lowest BCUT2D eigenvalue weighted by atomic mass is 9.89. The molecule has 7 heteroatoms. The van der Waals surface area contributed by atoms with Gasteiger partial charge in [-0.3, -0.25) is 9.59 Å². The number of carboxylic acids is 1. The van der Waals surface area contributed by atoms with Crippen molar-refractivity contribution in [2.24, 2.45) is 5.92 Å². The highest BCUT2D eigenvalue weighted by Gasteiger charge is 2.47. The number of benzene rings is 1. The van der Waals surface area contributed by atoms with Gasteiger partial charge in [0.25, 0.3) is 5.91 Å². The molecule has 1 amide bonds. The number of rotatable bonds is 3. The van der Waals surface area contributed by atoms with E-state index < -0.39 is 29.3 Å². The number of aliphatic carboxylic acids is 1. The van der Waals surface area contributed by atoms with Crippen LogP contribution in [-0.2, 0) is 9.59 Å². The second-order valence-corrected chi connectivity index (χ2v) is 7.15. The average Bonchev–Trinajstić information content (AvgIpc) is 3.03. The van der Waals surface area contributed by atoms with Crippen molar-refractivity contribution in [3.8, 4) is 0 Å². The van der Waals surface area contributed by atoms with Crippen LogP contribution in [0.4, 0.5) is 4.39 Å². The Morgan fingerprint density at radius 3 is 2.32 bits per heavy atom. The maximum absolute atomic E-state index is 13.1. The number of halogens is 1. The number of hydrogen-bond donors (Lipinski definition) is 2. The molecule has 1 aromatic rings. The Hall–Kier alpha value is -1.99. The second-order valence-electron chi connectivity index (χ2n) is 7.15. The number of amides is 1. The van der Waals surface area contributed by atoms with Gasteiger partial charge in [0.15, 0.2) is 0 Å². The number of likely N-dealkylation sites (tertiary alicyclic amines) is 2. The summed E-state index contributed by atoms with van der Waals surface area (Å²) < 4.78 is 13.1. The highest BCUT2D eigenvalue weighted by Crippen LogP contribution is 2.35. The molecule has 2 atom stereocenters. The Morgan fingerprint density at radius 1 is 1.16 bits per heavy atom. The fraction of sp³-hybridized carbons (Fsp3) is 0.556. The van der Waals surface area contributed by atoms with E-state index in [1.807, 2.05) is 11.9 Å². The van der Waals surface area contributed by atoms with E-state index in [0.29, 0.717) is 31.5 Å². The molecule has 2 saturated heterocycles. The maximum atomic E-state index is 13.1. The number of hydrogen-bond acceptors (Lipinski definition) is 4. The minimum absolute atomic E-state index is 0.0638. The van der Waals surface area contributed by atoms with Crippen molar-refractivity contribution in [1.82, 2.24) is 9.80 Å². The van der Waals surface area contributed by atoms with Crippen LogP contribution in [-0.4, -0.2) is 70.7 Å². The highest BCUT2D eigenvalue weighted by molar-refractivity contribution is 5.86. The van der Waals surface area contributed by atoms with Gasteiger partial charge in [-0.05, 0) is 37.6 Å². The molecule has 0 bridgehead atoms. The first-order chi connectivity index (χ1) is 11.8. The Balaban J connectivity index is 1.79. The van der Waals surface area contributed by atoms with Crippen molar-refractivity contribution in [3.05, 3.63) is 35.6 Å². The summed E-state index contributed by atoms with van der Waals surface area (Å²) in [4.78, 5) is 28.0. The van der Waals surface area contributed by atoms with E-state index in [0.717, 1.165) is 0 Å². The monoisotopic (exact) mass is 350 g/mol. The topological polar surface area (TPSA) is 81.1 Å². The molecule has 25 heavy (non-hydrogen) atoms. The third kappa shape index (κ3) is 3.52. The van der Waals surface area contributed by atoms with Crippen LogP contribution in [0.1, 0.15) is 24.3 Å². The molecule has 0 unspecified atom stereocenters. The van der Waals surface area contributed by atoms with Gasteiger partial charge in [0.2, 0.25) is 0 Å². The van der Waals surface area contributed by atoms with Crippen molar-refractivity contribution >= 4 is 11.9 Å². The standard InChI is InChI=1S/C18H23FN2O4/c1-20-8-6-18(25,7-9-20)17(24)21-10-14(15(11-21)16(22)23)12-2-4-13(19)5-3-12/h2-5,14-15,25H,6-11H2,1H3,(H,22,23)/t14-,15+/m1/s1. The van der Waals surface area contributed by atoms with Crippen molar-refractivity contribution < 1.29 is 24.2 Å². The van der Waals surface area contributed by atoms with Crippen LogP contribution in [0.15, 0.2) is 24.3 Å². The van der Waals surface area contributed by atoms with E-state index in [1.165, 1.54) is 17.0 Å². The molecular weight excluding hydrogens is 327 g/mol. The number of aliphatic hydroxyl groups is 1. The van der Waals surface area contributed by atoms with Gasteiger partial charge in [0.05, 0.1) is 5.92 Å². The number of piperidine rings is 1. The molecule has 0 spiro atoms. The summed E-state index contributed by atoms with van der Waals surface area (Å²) in [6.07, 6.45) is 0.690. The number of nitrogens with zero attached hydrogens (tertiary/aromatic N) is 2. The number of carbonyl (C=O) groups is 2. The van der Waals surface area contributed by atoms with Gasteiger partial charge >= 0.3 is 5.97 Å². The smallest absolute Gasteiger partial charge is 0.308 e. The molecule has 6 nitrogen and oxygen atoms in total. The van der Waals surface area contributed by atoms with Gasteiger partial charge in [-0.2, -0.15) is 0 Å². The zero-order valence-corrected chi connectivity index (χ0v) is 14.2. The Bertz CT molecular complexity index is 656. The van der Waals surface area contributed by atoms with E-state index in [2.05, 4.69) is 0 Å². The van der Waals surface area contributed by atoms with Crippen molar-refractivity contribution in [1.29, 1.82) is 0 Å². The molecule has 0 saturated carbocycles. The first-order valence-electron chi connectivity index (χ1n) is 8.49. The summed E-state index contributed by atoms with van der Waals surface area (Å²) in [5.74, 6) is -2.93. The summed E-state index contributed by atoms with van der Waals surface area (Å²) in [7, 11) is 1.94. The molecule has 2 heterocycles. The van der Waals surface area contributed by atoms with E-state index >= 15 is 0 Å². The SMILES string of the molecule is CN1CCC(O)(C(=O)N2C[C@H](C(=O)O)[C@@H](c3ccc(F)cc3)C2)CC1. The summed E-state index contributed by atoms with van der Waals surface area (Å²) in [6, 6.07) is 5.72. The Labute approximate surface area is 145 Å². The zero-order chi connectivity index (χ0) is 18.2. The molecule has 0 aliphatic carbocycles. The van der Waals surface area contributed by atoms with E-state index in [1.54, 1.807) is 12.1 Å². The molecule has 0 aromatic heterocycles. The molecule has 2 aliphatic rings. The van der Waals surface area contributed by atoms with Crippen LogP contribution >= 0.6 is 0 Å². The van der Waals surface area contributed by atoms with Crippen LogP contribution in [0.5, 0.6) is 0 Å². The molecule has 3 rings (SSSR count). The summed E-state index contributed by atoms with van der Waals surface area (Å²) >= 11 is 0. The van der Waals surface area contributed by atoms with E-state index in [9.17, 15) is 24.2 Å². The fourth-order valence-corrected chi connectivity index (χ4v) is 3.76. The van der Waals surface area contributed by atoms with Gasteiger partial charge in [-0.1, -0.05) is 12.1 Å². The van der Waals surface area contributed by atoms with Crippen LogP contribution in [0.2, 0.25) is 0 Å². The van der Waals surface area contributed by atoms with Crippen molar-refractivity contribution in [2.45, 2.75) is 24.4 Å². The van der Waals surface area contributed by atoms with Gasteiger partial charge < -0.3 is 20.0 Å². The lowest BCUT2D eigenvalue weighted by Gasteiger charge is -2.37. The number of carbonyl (C=O) groups excluding carboxylic acids is 1. The van der Waals surface area contributed by atoms with E-state index in [-0.39, 0.29) is 18.9 Å². The van der Waals surface area contributed by atoms with Gasteiger partial charge in [-0.15, -0.1) is 0 Å². The van der Waals surface area contributed by atoms with Crippen LogP contribution in [0.3, 0.4) is 0 Å². The largest absolute Gasteiger partial charge is 0.481 e. The highest BCUT2D eigenvalue weighted by atomic mass is 19.1. The number of carboxylic acid groups (broad SMARTS) is 1. The first-order valence-corrected chi connectivity index (χ1v) is 8.49. The summed E-state index contributed by atoms with van der Waals surface area (Å²) in [5, 5.41) is 20.2. The average molecular weight is 350 g/mol. The van der Waals surface area contributed by atoms with Crippen molar-refractivity contribution in [3.63, 3.8) is 0 Å². The van der Waals surface area contributed by atoms with Crippen LogP contribution in [0.25, 0.3) is 0 Å². The first kappa shape index (κ1) is 17.8. The molecule has 2 N–H and O–H groups in total. The van der Waals surface area contributed by atoms with Crippen LogP contribution in [0, 0.1) is 11.7 Å². The summed E-state index contributed by atoms with van der Waals surface area (Å²) in [5.41, 5.74) is -0.729. The molecule has 2 aliphatic heterocycles. The molecule has 0 radical (unpaired) electrons. The van der Waals surface area contributed by atoms with Gasteiger partial charge in [0.1, 0.15) is 11.4 Å².